The van der Waals surface area contributed by atoms with Gasteiger partial charge >= 0.3 is 5.97 Å². The van der Waals surface area contributed by atoms with E-state index < -0.39 is 5.97 Å². The first-order valence-corrected chi connectivity index (χ1v) is 8.98. The maximum absolute atomic E-state index is 12.8. The lowest BCUT2D eigenvalue weighted by atomic mass is 9.95. The highest BCUT2D eigenvalue weighted by Crippen LogP contribution is 2.27. The zero-order chi connectivity index (χ0) is 19.2. The molecule has 0 radical (unpaired) electrons. The molecule has 1 amide bonds. The number of aromatic carboxylic acids is 1. The number of nitrogens with one attached hydrogen (secondary N) is 1. The number of carbonyl (C=O) groups is 2. The molecule has 0 aromatic heterocycles. The molecule has 2 aromatic carbocycles. The highest BCUT2D eigenvalue weighted by molar-refractivity contribution is 6.04. The van der Waals surface area contributed by atoms with Crippen molar-refractivity contribution in [2.75, 3.05) is 19.8 Å². The van der Waals surface area contributed by atoms with Crippen molar-refractivity contribution in [3.8, 4) is 11.1 Å². The Morgan fingerprint density at radius 2 is 1.78 bits per heavy atom. The minimum absolute atomic E-state index is 0.0825. The van der Waals surface area contributed by atoms with Crippen LogP contribution in [0.5, 0.6) is 0 Å². The standard InChI is InChI=1S/C21H23NO5/c1-14(12-27-15-10-11-26-13-15)22-20(23)18-8-4-2-6-16(18)17-7-3-5-9-19(17)21(24)25/h2-9,14-15H,10-13H2,1H3,(H,22,23)(H,24,25). The van der Waals surface area contributed by atoms with Gasteiger partial charge in [-0.05, 0) is 36.6 Å². The van der Waals surface area contributed by atoms with Gasteiger partial charge in [-0.1, -0.05) is 36.4 Å². The molecule has 1 fully saturated rings. The van der Waals surface area contributed by atoms with E-state index in [1.54, 1.807) is 42.5 Å². The second-order valence-electron chi connectivity index (χ2n) is 6.59. The Morgan fingerprint density at radius 1 is 1.15 bits per heavy atom. The summed E-state index contributed by atoms with van der Waals surface area (Å²) in [5, 5.41) is 12.4. The maximum atomic E-state index is 12.8. The number of carboxylic acid groups (broad SMARTS) is 1. The molecule has 6 heteroatoms. The summed E-state index contributed by atoms with van der Waals surface area (Å²) in [4.78, 5) is 24.3. The Kier molecular flexibility index (Phi) is 6.21. The predicted octanol–water partition coefficient (Wildman–Crippen LogP) is 2.98. The molecule has 2 unspecified atom stereocenters. The molecule has 2 atom stereocenters. The van der Waals surface area contributed by atoms with Crippen LogP contribution >= 0.6 is 0 Å². The minimum Gasteiger partial charge on any atom is -0.478 e. The van der Waals surface area contributed by atoms with Gasteiger partial charge in [0.05, 0.1) is 24.9 Å². The van der Waals surface area contributed by atoms with Crippen molar-refractivity contribution in [1.82, 2.24) is 5.32 Å². The highest BCUT2D eigenvalue weighted by atomic mass is 16.5. The molecular formula is C21H23NO5. The summed E-state index contributed by atoms with van der Waals surface area (Å²) in [5.41, 5.74) is 1.70. The van der Waals surface area contributed by atoms with Crippen LogP contribution in [0.25, 0.3) is 11.1 Å². The molecule has 1 aliphatic rings. The maximum Gasteiger partial charge on any atom is 0.336 e. The summed E-state index contributed by atoms with van der Waals surface area (Å²) in [6, 6.07) is 13.5. The third-order valence-corrected chi connectivity index (χ3v) is 4.47. The Hall–Kier alpha value is -2.70. The second kappa shape index (κ2) is 8.79. The highest BCUT2D eigenvalue weighted by Gasteiger charge is 2.20. The smallest absolute Gasteiger partial charge is 0.336 e. The first kappa shape index (κ1) is 19.1. The van der Waals surface area contributed by atoms with Gasteiger partial charge in [0.2, 0.25) is 0 Å². The molecule has 3 rings (SSSR count). The molecule has 2 N–H and O–H groups in total. The van der Waals surface area contributed by atoms with Crippen LogP contribution in [-0.4, -0.2) is 48.9 Å². The number of benzene rings is 2. The lowest BCUT2D eigenvalue weighted by Gasteiger charge is -2.18. The van der Waals surface area contributed by atoms with Gasteiger partial charge < -0.3 is 19.9 Å². The summed E-state index contributed by atoms with van der Waals surface area (Å²) in [6.45, 7) is 3.58. The van der Waals surface area contributed by atoms with Crippen LogP contribution in [-0.2, 0) is 9.47 Å². The molecule has 142 valence electrons. The second-order valence-corrected chi connectivity index (χ2v) is 6.59. The zero-order valence-corrected chi connectivity index (χ0v) is 15.2. The molecule has 2 aromatic rings. The van der Waals surface area contributed by atoms with Crippen molar-refractivity contribution < 1.29 is 24.2 Å². The number of rotatable bonds is 7. The van der Waals surface area contributed by atoms with Crippen molar-refractivity contribution in [3.63, 3.8) is 0 Å². The van der Waals surface area contributed by atoms with Gasteiger partial charge in [-0.15, -0.1) is 0 Å². The lowest BCUT2D eigenvalue weighted by molar-refractivity contribution is 0.0318. The fourth-order valence-corrected chi connectivity index (χ4v) is 3.09. The Labute approximate surface area is 158 Å². The van der Waals surface area contributed by atoms with Gasteiger partial charge in [-0.3, -0.25) is 4.79 Å². The average molecular weight is 369 g/mol. The van der Waals surface area contributed by atoms with E-state index in [2.05, 4.69) is 5.32 Å². The summed E-state index contributed by atoms with van der Waals surface area (Å²) in [7, 11) is 0. The van der Waals surface area contributed by atoms with Gasteiger partial charge in [-0.2, -0.15) is 0 Å². The summed E-state index contributed by atoms with van der Waals surface area (Å²) in [5.74, 6) is -1.29. The first-order chi connectivity index (χ1) is 13.1. The van der Waals surface area contributed by atoms with E-state index in [-0.39, 0.29) is 23.6 Å². The number of ether oxygens (including phenoxy) is 2. The van der Waals surface area contributed by atoms with Gasteiger partial charge in [0.25, 0.3) is 5.91 Å². The van der Waals surface area contributed by atoms with E-state index in [9.17, 15) is 14.7 Å². The molecule has 1 heterocycles. The van der Waals surface area contributed by atoms with Crippen LogP contribution in [0.15, 0.2) is 48.5 Å². The number of hydrogen-bond acceptors (Lipinski definition) is 4. The fourth-order valence-electron chi connectivity index (χ4n) is 3.09. The molecule has 6 nitrogen and oxygen atoms in total. The monoisotopic (exact) mass is 369 g/mol. The lowest BCUT2D eigenvalue weighted by Crippen LogP contribution is -2.37. The molecular weight excluding hydrogens is 346 g/mol. The third-order valence-electron chi connectivity index (χ3n) is 4.47. The van der Waals surface area contributed by atoms with E-state index in [1.807, 2.05) is 6.92 Å². The normalized spacial score (nSPS) is 17.4. The largest absolute Gasteiger partial charge is 0.478 e. The van der Waals surface area contributed by atoms with Crippen molar-refractivity contribution >= 4 is 11.9 Å². The van der Waals surface area contributed by atoms with Gasteiger partial charge in [-0.25, -0.2) is 4.79 Å². The van der Waals surface area contributed by atoms with Crippen molar-refractivity contribution in [2.45, 2.75) is 25.5 Å². The Morgan fingerprint density at radius 3 is 2.41 bits per heavy atom. The van der Waals surface area contributed by atoms with Crippen LogP contribution in [0.1, 0.15) is 34.1 Å². The number of hydrogen-bond donors (Lipinski definition) is 2. The number of amides is 1. The quantitative estimate of drug-likeness (QED) is 0.784. The van der Waals surface area contributed by atoms with Crippen molar-refractivity contribution in [2.24, 2.45) is 0 Å². The Balaban J connectivity index is 1.75. The van der Waals surface area contributed by atoms with Crippen LogP contribution in [0.3, 0.4) is 0 Å². The number of carbonyl (C=O) groups excluding carboxylic acids is 1. The summed E-state index contributed by atoms with van der Waals surface area (Å²) < 4.78 is 11.0. The van der Waals surface area contributed by atoms with E-state index in [1.165, 1.54) is 6.07 Å². The van der Waals surface area contributed by atoms with Gasteiger partial charge in [0.15, 0.2) is 0 Å². The fraction of sp³-hybridized carbons (Fsp3) is 0.333. The topological polar surface area (TPSA) is 84.9 Å². The van der Waals surface area contributed by atoms with Crippen LogP contribution in [0, 0.1) is 0 Å². The predicted molar refractivity (Wildman–Crippen MR) is 101 cm³/mol. The average Bonchev–Trinajstić information content (AvgIpc) is 3.20. The SMILES string of the molecule is CC(COC1CCOC1)NC(=O)c1ccccc1-c1ccccc1C(=O)O. The van der Waals surface area contributed by atoms with E-state index in [0.717, 1.165) is 6.42 Å². The summed E-state index contributed by atoms with van der Waals surface area (Å²) >= 11 is 0. The zero-order valence-electron chi connectivity index (χ0n) is 15.2. The van der Waals surface area contributed by atoms with Crippen LogP contribution < -0.4 is 5.32 Å². The molecule has 0 spiro atoms. The van der Waals surface area contributed by atoms with Gasteiger partial charge in [0.1, 0.15) is 0 Å². The number of carboxylic acids is 1. The van der Waals surface area contributed by atoms with Crippen LogP contribution in [0.4, 0.5) is 0 Å². The molecule has 0 aliphatic carbocycles. The minimum atomic E-state index is -1.03. The molecule has 0 saturated carbocycles. The van der Waals surface area contributed by atoms with E-state index in [0.29, 0.717) is 36.5 Å². The van der Waals surface area contributed by atoms with Gasteiger partial charge in [0, 0.05) is 18.2 Å². The van der Waals surface area contributed by atoms with Crippen LogP contribution in [0.2, 0.25) is 0 Å². The Bertz CT molecular complexity index is 814. The van der Waals surface area contributed by atoms with Crippen molar-refractivity contribution in [1.29, 1.82) is 0 Å². The molecule has 0 bridgehead atoms. The van der Waals surface area contributed by atoms with E-state index in [4.69, 9.17) is 9.47 Å². The molecule has 1 aliphatic heterocycles. The van der Waals surface area contributed by atoms with E-state index >= 15 is 0 Å². The summed E-state index contributed by atoms with van der Waals surface area (Å²) in [6.07, 6.45) is 0.953. The molecule has 27 heavy (non-hydrogen) atoms. The first-order valence-electron chi connectivity index (χ1n) is 8.98. The molecule has 1 saturated heterocycles. The van der Waals surface area contributed by atoms with Crippen molar-refractivity contribution in [3.05, 3.63) is 59.7 Å². The third kappa shape index (κ3) is 4.72.